The summed E-state index contributed by atoms with van der Waals surface area (Å²) in [5, 5.41) is 16.2. The van der Waals surface area contributed by atoms with E-state index in [0.717, 1.165) is 0 Å². The van der Waals surface area contributed by atoms with Gasteiger partial charge in [0.2, 0.25) is 11.9 Å². The van der Waals surface area contributed by atoms with Gasteiger partial charge in [0, 0.05) is 19.5 Å². The summed E-state index contributed by atoms with van der Waals surface area (Å²) in [4.78, 5) is 12.3. The van der Waals surface area contributed by atoms with E-state index in [4.69, 9.17) is 10.6 Å². The van der Waals surface area contributed by atoms with E-state index in [2.05, 4.69) is 30.8 Å². The summed E-state index contributed by atoms with van der Waals surface area (Å²) in [5.74, 6) is 6.07. The Morgan fingerprint density at radius 1 is 1.40 bits per heavy atom. The minimum absolute atomic E-state index is 0.123. The average molecular weight is 280 g/mol. The van der Waals surface area contributed by atoms with Crippen molar-refractivity contribution in [3.8, 4) is 5.95 Å². The van der Waals surface area contributed by atoms with Crippen molar-refractivity contribution in [2.75, 3.05) is 31.1 Å². The highest BCUT2D eigenvalue weighted by Gasteiger charge is 2.12. The van der Waals surface area contributed by atoms with E-state index in [0.29, 0.717) is 12.6 Å². The Balaban J connectivity index is 2.26. The Labute approximate surface area is 115 Å². The molecule has 10 nitrogen and oxygen atoms in total. The Morgan fingerprint density at radius 3 is 2.80 bits per heavy atom. The fraction of sp³-hybridized carbons (Fsp3) is 0.400. The number of hydrogen-bond donors (Lipinski definition) is 4. The fourth-order valence-corrected chi connectivity index (χ4v) is 1.51. The fourth-order valence-electron chi connectivity index (χ4n) is 1.51. The van der Waals surface area contributed by atoms with Crippen molar-refractivity contribution in [2.45, 2.75) is 6.04 Å². The van der Waals surface area contributed by atoms with Crippen LogP contribution in [0.2, 0.25) is 0 Å². The number of hydrogen-bond acceptors (Lipinski definition) is 9. The minimum Gasteiger partial charge on any atom is -0.394 e. The van der Waals surface area contributed by atoms with Crippen molar-refractivity contribution in [2.24, 2.45) is 5.84 Å². The Hall–Kier alpha value is -2.30. The van der Waals surface area contributed by atoms with Crippen LogP contribution in [0, 0.1) is 0 Å². The van der Waals surface area contributed by atoms with Crippen molar-refractivity contribution in [3.63, 3.8) is 0 Å². The van der Waals surface area contributed by atoms with Crippen molar-refractivity contribution < 1.29 is 9.84 Å². The Bertz CT molecular complexity index is 532. The first kappa shape index (κ1) is 14.1. The molecule has 0 aliphatic carbocycles. The van der Waals surface area contributed by atoms with E-state index in [1.807, 2.05) is 0 Å². The predicted octanol–water partition coefficient (Wildman–Crippen LogP) is -1.24. The third-order valence-corrected chi connectivity index (χ3v) is 2.38. The van der Waals surface area contributed by atoms with Crippen molar-refractivity contribution in [1.29, 1.82) is 0 Å². The summed E-state index contributed by atoms with van der Waals surface area (Å²) < 4.78 is 6.44. The van der Waals surface area contributed by atoms with Crippen molar-refractivity contribution >= 4 is 11.9 Å². The number of hydrazine groups is 1. The lowest BCUT2D eigenvalue weighted by Gasteiger charge is -2.15. The predicted molar refractivity (Wildman–Crippen MR) is 71.1 cm³/mol. The molecular weight excluding hydrogens is 264 g/mol. The van der Waals surface area contributed by atoms with Crippen LogP contribution in [0.3, 0.4) is 0 Å². The van der Waals surface area contributed by atoms with Crippen LogP contribution in [0.5, 0.6) is 0 Å². The SMILES string of the molecule is COCC(CO)Nc1nc(NN)nc(-n2cccn2)n1. The van der Waals surface area contributed by atoms with E-state index in [1.165, 1.54) is 4.68 Å². The van der Waals surface area contributed by atoms with Gasteiger partial charge in [-0.1, -0.05) is 0 Å². The van der Waals surface area contributed by atoms with Crippen LogP contribution in [-0.2, 0) is 4.74 Å². The lowest BCUT2D eigenvalue weighted by molar-refractivity contribution is 0.153. The molecule has 0 radical (unpaired) electrons. The molecule has 2 heterocycles. The van der Waals surface area contributed by atoms with Gasteiger partial charge in [-0.3, -0.25) is 5.43 Å². The van der Waals surface area contributed by atoms with E-state index in [9.17, 15) is 5.11 Å². The molecule has 1 unspecified atom stereocenters. The number of methoxy groups -OCH3 is 1. The molecule has 2 rings (SSSR count). The molecule has 0 bridgehead atoms. The maximum atomic E-state index is 9.23. The van der Waals surface area contributed by atoms with Gasteiger partial charge in [-0.2, -0.15) is 20.1 Å². The average Bonchev–Trinajstić information content (AvgIpc) is 3.00. The number of nitrogens with zero attached hydrogens (tertiary/aromatic N) is 5. The first-order valence-electron chi connectivity index (χ1n) is 5.86. The molecule has 0 fully saturated rings. The molecule has 0 amide bonds. The molecule has 2 aromatic rings. The monoisotopic (exact) mass is 280 g/mol. The summed E-state index contributed by atoms with van der Waals surface area (Å²) in [5.41, 5.74) is 2.36. The number of nitrogens with two attached hydrogens (primary N) is 1. The van der Waals surface area contributed by atoms with Crippen LogP contribution in [0.4, 0.5) is 11.9 Å². The van der Waals surface area contributed by atoms with Gasteiger partial charge < -0.3 is 15.2 Å². The van der Waals surface area contributed by atoms with Gasteiger partial charge in [0.25, 0.3) is 5.95 Å². The summed E-state index contributed by atoms with van der Waals surface area (Å²) in [7, 11) is 1.54. The van der Waals surface area contributed by atoms with Gasteiger partial charge in [-0.25, -0.2) is 10.5 Å². The molecular formula is C10H16N8O2. The molecule has 0 aromatic carbocycles. The molecule has 5 N–H and O–H groups in total. The second-order valence-electron chi connectivity index (χ2n) is 3.86. The van der Waals surface area contributed by atoms with Crippen LogP contribution in [0.25, 0.3) is 5.95 Å². The molecule has 1 atom stereocenters. The molecule has 2 aromatic heterocycles. The highest BCUT2D eigenvalue weighted by atomic mass is 16.5. The molecule has 20 heavy (non-hydrogen) atoms. The second kappa shape index (κ2) is 6.75. The third-order valence-electron chi connectivity index (χ3n) is 2.38. The first-order chi connectivity index (χ1) is 9.76. The second-order valence-corrected chi connectivity index (χ2v) is 3.86. The van der Waals surface area contributed by atoms with Gasteiger partial charge >= 0.3 is 0 Å². The van der Waals surface area contributed by atoms with Gasteiger partial charge in [0.1, 0.15) is 0 Å². The molecule has 10 heteroatoms. The third kappa shape index (κ3) is 3.38. The zero-order chi connectivity index (χ0) is 14.4. The van der Waals surface area contributed by atoms with Gasteiger partial charge in [-0.05, 0) is 6.07 Å². The van der Waals surface area contributed by atoms with Gasteiger partial charge in [0.15, 0.2) is 0 Å². The lowest BCUT2D eigenvalue weighted by atomic mass is 10.3. The van der Waals surface area contributed by atoms with Crippen LogP contribution >= 0.6 is 0 Å². The number of rotatable bonds is 7. The normalized spacial score (nSPS) is 12.2. The molecule has 0 saturated carbocycles. The summed E-state index contributed by atoms with van der Waals surface area (Å²) in [6.07, 6.45) is 3.30. The number of aliphatic hydroxyl groups is 1. The van der Waals surface area contributed by atoms with Gasteiger partial charge in [-0.15, -0.1) is 0 Å². The number of aromatic nitrogens is 5. The van der Waals surface area contributed by atoms with Crippen LogP contribution < -0.4 is 16.6 Å². The number of nitrogens with one attached hydrogen (secondary N) is 2. The van der Waals surface area contributed by atoms with Crippen LogP contribution in [-0.4, -0.2) is 56.2 Å². The van der Waals surface area contributed by atoms with Crippen molar-refractivity contribution in [1.82, 2.24) is 24.7 Å². The standard InChI is InChI=1S/C10H16N8O2/c1-20-6-7(5-19)13-8-14-9(17-11)16-10(15-8)18-4-2-3-12-18/h2-4,7,19H,5-6,11H2,1H3,(H2,13,14,15,16,17). The summed E-state index contributed by atoms with van der Waals surface area (Å²) >= 11 is 0. The largest absolute Gasteiger partial charge is 0.394 e. The molecule has 0 aliphatic heterocycles. The summed E-state index contributed by atoms with van der Waals surface area (Å²) in [6.45, 7) is 0.187. The lowest BCUT2D eigenvalue weighted by Crippen LogP contribution is -2.30. The van der Waals surface area contributed by atoms with E-state index in [1.54, 1.807) is 25.6 Å². The van der Waals surface area contributed by atoms with Gasteiger partial charge in [0.05, 0.1) is 19.3 Å². The maximum absolute atomic E-state index is 9.23. The first-order valence-corrected chi connectivity index (χ1v) is 5.86. The summed E-state index contributed by atoms with van der Waals surface area (Å²) in [6, 6.07) is 1.41. The number of ether oxygens (including phenoxy) is 1. The van der Waals surface area contributed by atoms with E-state index >= 15 is 0 Å². The highest BCUT2D eigenvalue weighted by Crippen LogP contribution is 2.09. The molecule has 0 aliphatic rings. The highest BCUT2D eigenvalue weighted by molar-refractivity contribution is 5.37. The topological polar surface area (TPSA) is 136 Å². The molecule has 0 saturated heterocycles. The zero-order valence-electron chi connectivity index (χ0n) is 10.9. The molecule has 0 spiro atoms. The van der Waals surface area contributed by atoms with Crippen LogP contribution in [0.1, 0.15) is 0 Å². The number of aliphatic hydroxyl groups excluding tert-OH is 1. The minimum atomic E-state index is -0.335. The van der Waals surface area contributed by atoms with E-state index < -0.39 is 0 Å². The Kier molecular flexibility index (Phi) is 4.76. The number of anilines is 2. The van der Waals surface area contributed by atoms with Crippen molar-refractivity contribution in [3.05, 3.63) is 18.5 Å². The Morgan fingerprint density at radius 2 is 2.20 bits per heavy atom. The maximum Gasteiger partial charge on any atom is 0.257 e. The van der Waals surface area contributed by atoms with Crippen LogP contribution in [0.15, 0.2) is 18.5 Å². The molecule has 108 valence electrons. The quantitative estimate of drug-likeness (QED) is 0.362. The zero-order valence-corrected chi connectivity index (χ0v) is 10.9. The smallest absolute Gasteiger partial charge is 0.257 e. The number of nitrogen functional groups attached to an aromatic ring is 1. The van der Waals surface area contributed by atoms with E-state index in [-0.39, 0.29) is 24.5 Å².